The molecule has 5 heteroatoms. The molecular weight excluding hydrogens is 456 g/mol. The Morgan fingerprint density at radius 1 is 1.27 bits per heavy atom. The van der Waals surface area contributed by atoms with Crippen molar-refractivity contribution in [1.82, 2.24) is 0 Å². The third-order valence-corrected chi connectivity index (χ3v) is 3.53. The topological polar surface area (TPSA) is 41.9 Å². The summed E-state index contributed by atoms with van der Waals surface area (Å²) in [5, 5.41) is 0. The van der Waals surface area contributed by atoms with Gasteiger partial charge < -0.3 is 14.6 Å². The van der Waals surface area contributed by atoms with E-state index < -0.39 is 0 Å². The minimum absolute atomic E-state index is 0. The average Bonchev–Trinajstić information content (AvgIpc) is 2.66. The molecule has 22 heavy (non-hydrogen) atoms. The number of amides is 1. The number of benzene rings is 2. The van der Waals surface area contributed by atoms with Gasteiger partial charge in [0.05, 0.1) is 7.11 Å². The smallest absolute Gasteiger partial charge is 0.247 e. The molecule has 2 aromatic rings. The molecule has 3 rings (SSSR count). The SMILES string of the molecule is COc1ccc2c(c1)C(c1[c-]cccc1)=NCC(=O)N2C.[Ir]. The van der Waals surface area contributed by atoms with E-state index in [0.29, 0.717) is 0 Å². The first-order valence-corrected chi connectivity index (χ1v) is 6.67. The largest absolute Gasteiger partial charge is 0.497 e. The first kappa shape index (κ1) is 16.4. The molecule has 1 radical (unpaired) electrons. The van der Waals surface area contributed by atoms with Crippen LogP contribution in [0.1, 0.15) is 11.1 Å². The van der Waals surface area contributed by atoms with Crippen LogP contribution in [-0.2, 0) is 24.9 Å². The van der Waals surface area contributed by atoms with Crippen molar-refractivity contribution in [2.45, 2.75) is 0 Å². The molecule has 0 fully saturated rings. The Morgan fingerprint density at radius 2 is 2.09 bits per heavy atom. The molecule has 4 nitrogen and oxygen atoms in total. The number of likely N-dealkylation sites (N-methyl/N-ethyl adjacent to an activating group) is 1. The van der Waals surface area contributed by atoms with Crippen LogP contribution in [0.4, 0.5) is 5.69 Å². The Kier molecular flexibility index (Phi) is 5.11. The van der Waals surface area contributed by atoms with Crippen molar-refractivity contribution in [1.29, 1.82) is 0 Å². The molecule has 0 bridgehead atoms. The fourth-order valence-electron chi connectivity index (χ4n) is 2.37. The second-order valence-corrected chi connectivity index (χ2v) is 4.78. The summed E-state index contributed by atoms with van der Waals surface area (Å²) in [5.74, 6) is 0.701. The minimum atomic E-state index is -0.0349. The number of anilines is 1. The van der Waals surface area contributed by atoms with E-state index in [1.165, 1.54) is 0 Å². The van der Waals surface area contributed by atoms with Crippen molar-refractivity contribution in [3.05, 3.63) is 59.7 Å². The van der Waals surface area contributed by atoms with Gasteiger partial charge in [0, 0.05) is 32.8 Å². The van der Waals surface area contributed by atoms with Crippen LogP contribution >= 0.6 is 0 Å². The van der Waals surface area contributed by atoms with Crippen LogP contribution in [0.3, 0.4) is 0 Å². The summed E-state index contributed by atoms with van der Waals surface area (Å²) in [4.78, 5) is 18.2. The summed E-state index contributed by atoms with van der Waals surface area (Å²) in [6, 6.07) is 16.4. The molecule has 0 aromatic heterocycles. The Hall–Kier alpha value is -1.97. The van der Waals surface area contributed by atoms with E-state index in [1.54, 1.807) is 19.1 Å². The standard InChI is InChI=1S/C17H15N2O2.Ir/c1-19-15-9-8-13(21-2)10-14(15)17(18-11-16(19)20)12-6-4-3-5-7-12;/h3-6,8-10H,11H2,1-2H3;/q-1;. The summed E-state index contributed by atoms with van der Waals surface area (Å²) in [6.07, 6.45) is 0. The Bertz CT molecular complexity index is 714. The number of nitrogens with zero attached hydrogens (tertiary/aromatic N) is 2. The van der Waals surface area contributed by atoms with Gasteiger partial charge in [-0.3, -0.25) is 4.79 Å². The molecule has 0 spiro atoms. The molecule has 0 saturated carbocycles. The van der Waals surface area contributed by atoms with E-state index in [1.807, 2.05) is 42.5 Å². The molecule has 1 heterocycles. The van der Waals surface area contributed by atoms with Crippen LogP contribution in [0.15, 0.2) is 47.5 Å². The fraction of sp³-hybridized carbons (Fsp3) is 0.176. The van der Waals surface area contributed by atoms with Crippen LogP contribution in [0.5, 0.6) is 5.75 Å². The zero-order valence-corrected chi connectivity index (χ0v) is 14.7. The van der Waals surface area contributed by atoms with E-state index >= 15 is 0 Å². The van der Waals surface area contributed by atoms with Gasteiger partial charge in [0.2, 0.25) is 5.91 Å². The van der Waals surface area contributed by atoms with Crippen LogP contribution in [0.25, 0.3) is 0 Å². The number of aliphatic imine (C=N–C) groups is 1. The summed E-state index contributed by atoms with van der Waals surface area (Å²) < 4.78 is 5.30. The third kappa shape index (κ3) is 2.96. The number of rotatable bonds is 2. The number of benzodiazepines with no additional fused rings is 1. The quantitative estimate of drug-likeness (QED) is 0.631. The molecule has 0 saturated heterocycles. The van der Waals surface area contributed by atoms with E-state index in [4.69, 9.17) is 4.74 Å². The van der Waals surface area contributed by atoms with Gasteiger partial charge in [0.25, 0.3) is 0 Å². The van der Waals surface area contributed by atoms with Gasteiger partial charge in [-0.15, -0.1) is 35.9 Å². The second kappa shape index (κ2) is 6.86. The Labute approximate surface area is 143 Å². The van der Waals surface area contributed by atoms with Gasteiger partial charge in [0.1, 0.15) is 12.3 Å². The number of hydrogen-bond donors (Lipinski definition) is 0. The summed E-state index contributed by atoms with van der Waals surface area (Å²) >= 11 is 0. The number of methoxy groups -OCH3 is 1. The summed E-state index contributed by atoms with van der Waals surface area (Å²) in [5.41, 5.74) is 3.34. The van der Waals surface area contributed by atoms with Crippen molar-refractivity contribution in [2.75, 3.05) is 25.6 Å². The predicted octanol–water partition coefficient (Wildman–Crippen LogP) is 2.31. The van der Waals surface area contributed by atoms with E-state index in [-0.39, 0.29) is 32.6 Å². The molecule has 1 amide bonds. The Morgan fingerprint density at radius 3 is 2.77 bits per heavy atom. The molecule has 1 aliphatic rings. The molecule has 0 aliphatic carbocycles. The molecule has 0 unspecified atom stereocenters. The van der Waals surface area contributed by atoms with Gasteiger partial charge in [0.15, 0.2) is 0 Å². The van der Waals surface area contributed by atoms with Crippen LogP contribution in [0, 0.1) is 6.07 Å². The zero-order chi connectivity index (χ0) is 14.8. The molecule has 0 atom stereocenters. The number of carbonyl (C=O) groups is 1. The predicted molar refractivity (Wildman–Crippen MR) is 82.2 cm³/mol. The zero-order valence-electron chi connectivity index (χ0n) is 12.3. The average molecular weight is 472 g/mol. The van der Waals surface area contributed by atoms with Gasteiger partial charge in [-0.25, -0.2) is 0 Å². The van der Waals surface area contributed by atoms with Crippen LogP contribution in [0.2, 0.25) is 0 Å². The maximum Gasteiger partial charge on any atom is 0.247 e. The van der Waals surface area contributed by atoms with Crippen molar-refractivity contribution in [2.24, 2.45) is 4.99 Å². The van der Waals surface area contributed by atoms with Gasteiger partial charge >= 0.3 is 0 Å². The number of carbonyl (C=O) groups excluding carboxylic acids is 1. The van der Waals surface area contributed by atoms with Crippen molar-refractivity contribution >= 4 is 17.3 Å². The number of fused-ring (bicyclic) bond motifs is 1. The maximum atomic E-state index is 12.1. The second-order valence-electron chi connectivity index (χ2n) is 4.78. The first-order valence-electron chi connectivity index (χ1n) is 6.67. The summed E-state index contributed by atoms with van der Waals surface area (Å²) in [6.45, 7) is 0.131. The van der Waals surface area contributed by atoms with Crippen LogP contribution < -0.4 is 9.64 Å². The van der Waals surface area contributed by atoms with Gasteiger partial charge in [-0.1, -0.05) is 0 Å². The minimum Gasteiger partial charge on any atom is -0.497 e. The third-order valence-electron chi connectivity index (χ3n) is 3.53. The molecule has 115 valence electrons. The van der Waals surface area contributed by atoms with Crippen LogP contribution in [-0.4, -0.2) is 32.3 Å². The number of ether oxygens (including phenoxy) is 1. The summed E-state index contributed by atoms with van der Waals surface area (Å²) in [7, 11) is 3.39. The van der Waals surface area contributed by atoms with E-state index in [0.717, 1.165) is 28.3 Å². The first-order chi connectivity index (χ1) is 10.2. The maximum absolute atomic E-state index is 12.1. The van der Waals surface area contributed by atoms with Gasteiger partial charge in [-0.2, -0.15) is 0 Å². The fourth-order valence-corrected chi connectivity index (χ4v) is 2.37. The van der Waals surface area contributed by atoms with Crippen molar-refractivity contribution in [3.63, 3.8) is 0 Å². The van der Waals surface area contributed by atoms with Crippen molar-refractivity contribution < 1.29 is 29.6 Å². The molecule has 1 aliphatic heterocycles. The van der Waals surface area contributed by atoms with Crippen molar-refractivity contribution in [3.8, 4) is 5.75 Å². The van der Waals surface area contributed by atoms with E-state index in [9.17, 15) is 4.79 Å². The monoisotopic (exact) mass is 472 g/mol. The number of hydrogen-bond acceptors (Lipinski definition) is 3. The normalized spacial score (nSPS) is 13.6. The molecular formula is C17H15IrN2O2-. The molecule has 2 aromatic carbocycles. The molecule has 0 N–H and O–H groups in total. The van der Waals surface area contributed by atoms with Gasteiger partial charge in [-0.05, 0) is 29.5 Å². The Balaban J connectivity index is 0.00000176. The van der Waals surface area contributed by atoms with E-state index in [2.05, 4.69) is 11.1 Å².